The molecule has 0 radical (unpaired) electrons. The van der Waals surface area contributed by atoms with Crippen molar-refractivity contribution in [1.29, 1.82) is 0 Å². The predicted octanol–water partition coefficient (Wildman–Crippen LogP) is 4.14. The zero-order chi connectivity index (χ0) is 10.3. The molecule has 0 aromatic rings. The molecule has 0 nitrogen and oxygen atoms in total. The van der Waals surface area contributed by atoms with Crippen molar-refractivity contribution in [3.8, 4) is 0 Å². The Morgan fingerprint density at radius 2 is 1.50 bits per heavy atom. The molecule has 0 aliphatic carbocycles. The summed E-state index contributed by atoms with van der Waals surface area (Å²) in [5.74, 6) is 2.52. The van der Waals surface area contributed by atoms with Crippen molar-refractivity contribution in [2.24, 2.45) is 0 Å². The zero-order valence-electron chi connectivity index (χ0n) is 7.98. The fourth-order valence-electron chi connectivity index (χ4n) is 1.22. The maximum atomic E-state index is 4.22. The third-order valence-corrected chi connectivity index (χ3v) is 8.05. The van der Waals surface area contributed by atoms with E-state index in [1.165, 1.54) is 29.4 Å². The minimum Gasteiger partial charge on any atom is -0.168 e. The maximum Gasteiger partial charge on any atom is 0.0643 e. The van der Waals surface area contributed by atoms with E-state index in [-0.39, 0.29) is 0 Å². The molecule has 0 saturated carbocycles. The molecule has 1 rings (SSSR count). The van der Waals surface area contributed by atoms with Gasteiger partial charge in [-0.05, 0) is 24.3 Å². The van der Waals surface area contributed by atoms with Gasteiger partial charge in [-0.3, -0.25) is 0 Å². The number of thiol groups is 2. The lowest BCUT2D eigenvalue weighted by molar-refractivity contribution is 0.746. The molecule has 1 heterocycles. The van der Waals surface area contributed by atoms with Gasteiger partial charge in [-0.15, -0.1) is 23.5 Å². The highest BCUT2D eigenvalue weighted by molar-refractivity contribution is 8.33. The fraction of sp³-hybridized carbons (Fsp3) is 1.00. The van der Waals surface area contributed by atoms with Crippen LogP contribution in [0.4, 0.5) is 0 Å². The van der Waals surface area contributed by atoms with Crippen LogP contribution in [0.3, 0.4) is 0 Å². The average molecular weight is 305 g/mol. The fourth-order valence-corrected chi connectivity index (χ4v) is 6.55. The molecule has 0 spiro atoms. The minimum atomic E-state index is 0.548. The van der Waals surface area contributed by atoms with Gasteiger partial charge >= 0.3 is 0 Å². The average Bonchev–Trinajstić information content (AvgIpc) is 2.13. The molecule has 1 saturated heterocycles. The standard InChI is InChI=1S/C8H16S6/c9-5-11-3-1-8(13-7-14-8)2-4-12-6-10/h9-10H,1-7H2. The van der Waals surface area contributed by atoms with Gasteiger partial charge in [0.1, 0.15) is 0 Å². The Labute approximate surface area is 115 Å². The first-order valence-electron chi connectivity index (χ1n) is 4.48. The summed E-state index contributed by atoms with van der Waals surface area (Å²) in [5.41, 5.74) is 0. The monoisotopic (exact) mass is 304 g/mol. The van der Waals surface area contributed by atoms with Crippen LogP contribution in [0, 0.1) is 0 Å². The Balaban J connectivity index is 2.13. The molecule has 84 valence electrons. The number of hydrogen-bond donors (Lipinski definition) is 2. The minimum absolute atomic E-state index is 0.548. The van der Waals surface area contributed by atoms with Crippen molar-refractivity contribution in [2.75, 3.05) is 26.8 Å². The molecule has 0 aromatic heterocycles. The topological polar surface area (TPSA) is 0 Å². The van der Waals surface area contributed by atoms with Gasteiger partial charge in [-0.25, -0.2) is 0 Å². The number of thioether (sulfide) groups is 4. The van der Waals surface area contributed by atoms with Crippen LogP contribution >= 0.6 is 72.3 Å². The van der Waals surface area contributed by atoms with Crippen LogP contribution in [0.1, 0.15) is 12.8 Å². The highest BCUT2D eigenvalue weighted by Crippen LogP contribution is 2.55. The lowest BCUT2D eigenvalue weighted by atomic mass is 10.2. The summed E-state index contributed by atoms with van der Waals surface area (Å²) in [6.07, 6.45) is 2.67. The molecule has 0 unspecified atom stereocenters. The Hall–Kier alpha value is 2.10. The van der Waals surface area contributed by atoms with Crippen molar-refractivity contribution < 1.29 is 0 Å². The van der Waals surface area contributed by atoms with Crippen molar-refractivity contribution in [2.45, 2.75) is 16.9 Å². The summed E-state index contributed by atoms with van der Waals surface area (Å²) in [5, 5.41) is 3.20. The van der Waals surface area contributed by atoms with Crippen molar-refractivity contribution >= 4 is 72.3 Å². The molecule has 0 N–H and O–H groups in total. The molecule has 0 amide bonds. The van der Waals surface area contributed by atoms with Gasteiger partial charge in [0, 0.05) is 15.3 Å². The van der Waals surface area contributed by atoms with Crippen LogP contribution in [-0.4, -0.2) is 30.8 Å². The third-order valence-electron chi connectivity index (χ3n) is 2.08. The second-order valence-corrected chi connectivity index (χ2v) is 9.93. The van der Waals surface area contributed by atoms with Gasteiger partial charge in [0.2, 0.25) is 0 Å². The molecular weight excluding hydrogens is 288 g/mol. The zero-order valence-corrected chi connectivity index (χ0v) is 13.0. The van der Waals surface area contributed by atoms with E-state index >= 15 is 0 Å². The highest BCUT2D eigenvalue weighted by Gasteiger charge is 2.37. The van der Waals surface area contributed by atoms with Gasteiger partial charge < -0.3 is 0 Å². The van der Waals surface area contributed by atoms with Crippen LogP contribution < -0.4 is 0 Å². The Morgan fingerprint density at radius 3 is 1.79 bits per heavy atom. The Kier molecular flexibility index (Phi) is 8.32. The summed E-state index contributed by atoms with van der Waals surface area (Å²) in [4.78, 5) is 0. The predicted molar refractivity (Wildman–Crippen MR) is 84.6 cm³/mol. The van der Waals surface area contributed by atoms with Crippen LogP contribution in [-0.2, 0) is 0 Å². The molecule has 1 aliphatic rings. The molecule has 1 aliphatic heterocycles. The molecule has 1 fully saturated rings. The molecule has 0 atom stereocenters. The van der Waals surface area contributed by atoms with E-state index in [0.29, 0.717) is 4.08 Å². The molecule has 14 heavy (non-hydrogen) atoms. The first-order valence-corrected chi connectivity index (χ1v) is 10.0. The molecular formula is C8H16S6. The van der Waals surface area contributed by atoms with Crippen molar-refractivity contribution in [1.82, 2.24) is 0 Å². The van der Waals surface area contributed by atoms with E-state index in [9.17, 15) is 0 Å². The van der Waals surface area contributed by atoms with Crippen LogP contribution in [0.5, 0.6) is 0 Å². The van der Waals surface area contributed by atoms with E-state index < -0.39 is 0 Å². The number of hydrogen-bond acceptors (Lipinski definition) is 6. The maximum absolute atomic E-state index is 4.22. The SMILES string of the molecule is SCSCCC1(CCSCS)SCS1. The number of rotatable bonds is 8. The van der Waals surface area contributed by atoms with Crippen molar-refractivity contribution in [3.63, 3.8) is 0 Å². The third kappa shape index (κ3) is 4.95. The molecule has 0 aromatic carbocycles. The smallest absolute Gasteiger partial charge is 0.0643 e. The second kappa shape index (κ2) is 8.23. The van der Waals surface area contributed by atoms with Gasteiger partial charge in [-0.2, -0.15) is 48.8 Å². The largest absolute Gasteiger partial charge is 0.168 e. The molecule has 6 heteroatoms. The van der Waals surface area contributed by atoms with Gasteiger partial charge in [0.25, 0.3) is 0 Å². The van der Waals surface area contributed by atoms with Gasteiger partial charge in [-0.1, -0.05) is 0 Å². The summed E-state index contributed by atoms with van der Waals surface area (Å²) < 4.78 is 0.548. The summed E-state index contributed by atoms with van der Waals surface area (Å²) in [7, 11) is 0. The summed E-state index contributed by atoms with van der Waals surface area (Å²) in [6.45, 7) is 0. The van der Waals surface area contributed by atoms with E-state index in [2.05, 4.69) is 48.8 Å². The van der Waals surface area contributed by atoms with Crippen molar-refractivity contribution in [3.05, 3.63) is 0 Å². The van der Waals surface area contributed by atoms with Crippen LogP contribution in [0.15, 0.2) is 0 Å². The van der Waals surface area contributed by atoms with E-state index in [4.69, 9.17) is 0 Å². The van der Waals surface area contributed by atoms with Gasteiger partial charge in [0.15, 0.2) is 0 Å². The summed E-state index contributed by atoms with van der Waals surface area (Å²) >= 11 is 16.6. The lowest BCUT2D eigenvalue weighted by Crippen LogP contribution is -2.29. The normalized spacial score (nSPS) is 19.3. The van der Waals surface area contributed by atoms with E-state index in [1.54, 1.807) is 0 Å². The van der Waals surface area contributed by atoms with E-state index in [1.807, 2.05) is 23.5 Å². The quantitative estimate of drug-likeness (QED) is 0.393. The summed E-state index contributed by atoms with van der Waals surface area (Å²) in [6, 6.07) is 0. The Morgan fingerprint density at radius 1 is 1.00 bits per heavy atom. The van der Waals surface area contributed by atoms with E-state index in [0.717, 1.165) is 10.2 Å². The lowest BCUT2D eigenvalue weighted by Gasteiger charge is -2.40. The van der Waals surface area contributed by atoms with Crippen LogP contribution in [0.25, 0.3) is 0 Å². The Bertz CT molecular complexity index is 135. The van der Waals surface area contributed by atoms with Crippen LogP contribution in [0.2, 0.25) is 0 Å². The highest BCUT2D eigenvalue weighted by atomic mass is 32.3. The first kappa shape index (κ1) is 14.2. The molecule has 0 bridgehead atoms. The second-order valence-electron chi connectivity index (χ2n) is 2.89. The first-order chi connectivity index (χ1) is 6.83. The van der Waals surface area contributed by atoms with Gasteiger partial charge in [0.05, 0.1) is 4.08 Å².